The van der Waals surface area contributed by atoms with Crippen molar-refractivity contribution in [1.29, 1.82) is 0 Å². The predicted octanol–water partition coefficient (Wildman–Crippen LogP) is 3.88. The van der Waals surface area contributed by atoms with Gasteiger partial charge < -0.3 is 19.5 Å². The molecule has 0 spiro atoms. The monoisotopic (exact) mass is 329 g/mol. The minimum Gasteiger partial charge on any atom is -0.496 e. The molecule has 0 aliphatic carbocycles. The Labute approximate surface area is 142 Å². The van der Waals surface area contributed by atoms with Crippen molar-refractivity contribution in [1.82, 2.24) is 0 Å². The highest BCUT2D eigenvalue weighted by Gasteiger charge is 2.12. The zero-order valence-electron chi connectivity index (χ0n) is 14.3. The molecule has 0 aliphatic rings. The molecule has 0 saturated carbocycles. The van der Waals surface area contributed by atoms with Crippen LogP contribution in [-0.2, 0) is 11.3 Å². The molecule has 2 aromatic carbocycles. The van der Waals surface area contributed by atoms with Gasteiger partial charge in [0, 0.05) is 17.7 Å². The van der Waals surface area contributed by atoms with Gasteiger partial charge in [-0.1, -0.05) is 19.1 Å². The van der Waals surface area contributed by atoms with E-state index in [9.17, 15) is 4.79 Å². The molecular weight excluding hydrogens is 306 g/mol. The second-order valence-electron chi connectivity index (χ2n) is 5.23. The maximum absolute atomic E-state index is 12.5. The van der Waals surface area contributed by atoms with Crippen LogP contribution in [0.2, 0.25) is 0 Å². The van der Waals surface area contributed by atoms with E-state index < -0.39 is 0 Å². The molecule has 0 fully saturated rings. The first-order valence-corrected chi connectivity index (χ1v) is 7.88. The smallest absolute Gasteiger partial charge is 0.255 e. The quantitative estimate of drug-likeness (QED) is 0.747. The van der Waals surface area contributed by atoms with Gasteiger partial charge in [0.1, 0.15) is 11.5 Å². The lowest BCUT2D eigenvalue weighted by atomic mass is 10.1. The summed E-state index contributed by atoms with van der Waals surface area (Å²) in [6.45, 7) is 3.13. The number of benzene rings is 2. The lowest BCUT2D eigenvalue weighted by molar-refractivity contribution is 0.102. The van der Waals surface area contributed by atoms with Gasteiger partial charge in [0.15, 0.2) is 0 Å². The number of para-hydroxylation sites is 2. The third-order valence-electron chi connectivity index (χ3n) is 3.50. The van der Waals surface area contributed by atoms with E-state index in [4.69, 9.17) is 14.2 Å². The van der Waals surface area contributed by atoms with E-state index in [2.05, 4.69) is 5.32 Å². The topological polar surface area (TPSA) is 56.8 Å². The van der Waals surface area contributed by atoms with Gasteiger partial charge in [-0.15, -0.1) is 0 Å². The van der Waals surface area contributed by atoms with Crippen LogP contribution in [0.4, 0.5) is 5.69 Å². The number of hydrogen-bond donors (Lipinski definition) is 1. The molecular formula is C19H23NO4. The molecule has 5 heteroatoms. The van der Waals surface area contributed by atoms with Crippen molar-refractivity contribution in [3.8, 4) is 11.5 Å². The molecule has 2 rings (SSSR count). The van der Waals surface area contributed by atoms with E-state index in [0.717, 1.165) is 12.0 Å². The molecule has 5 nitrogen and oxygen atoms in total. The van der Waals surface area contributed by atoms with Gasteiger partial charge in [0.25, 0.3) is 5.91 Å². The molecule has 0 unspecified atom stereocenters. The van der Waals surface area contributed by atoms with E-state index in [1.807, 2.05) is 19.1 Å². The average Bonchev–Trinajstić information content (AvgIpc) is 2.62. The highest BCUT2D eigenvalue weighted by Crippen LogP contribution is 2.25. The number of rotatable bonds is 8. The van der Waals surface area contributed by atoms with Crippen molar-refractivity contribution in [2.75, 3.05) is 26.1 Å². The summed E-state index contributed by atoms with van der Waals surface area (Å²) in [5.41, 5.74) is 2.01. The Morgan fingerprint density at radius 3 is 2.50 bits per heavy atom. The summed E-state index contributed by atoms with van der Waals surface area (Å²) >= 11 is 0. The van der Waals surface area contributed by atoms with Crippen LogP contribution in [0.5, 0.6) is 11.5 Å². The Morgan fingerprint density at radius 2 is 1.79 bits per heavy atom. The van der Waals surface area contributed by atoms with Crippen molar-refractivity contribution in [2.45, 2.75) is 20.0 Å². The summed E-state index contributed by atoms with van der Waals surface area (Å²) in [7, 11) is 3.18. The summed E-state index contributed by atoms with van der Waals surface area (Å²) in [5.74, 6) is 1.12. The zero-order valence-corrected chi connectivity index (χ0v) is 14.3. The first kappa shape index (κ1) is 17.8. The van der Waals surface area contributed by atoms with E-state index in [-0.39, 0.29) is 5.91 Å². The largest absolute Gasteiger partial charge is 0.496 e. The molecule has 0 radical (unpaired) electrons. The summed E-state index contributed by atoms with van der Waals surface area (Å²) in [6, 6.07) is 12.6. The number of nitrogens with one attached hydrogen (secondary N) is 1. The summed E-state index contributed by atoms with van der Waals surface area (Å²) in [6.07, 6.45) is 0.941. The second kappa shape index (κ2) is 8.93. The highest BCUT2D eigenvalue weighted by atomic mass is 16.5. The molecule has 0 aromatic heterocycles. The van der Waals surface area contributed by atoms with Crippen LogP contribution in [0.3, 0.4) is 0 Å². The molecule has 0 saturated heterocycles. The van der Waals surface area contributed by atoms with E-state index in [1.54, 1.807) is 44.6 Å². The molecule has 2 aromatic rings. The first-order chi connectivity index (χ1) is 11.7. The van der Waals surface area contributed by atoms with E-state index >= 15 is 0 Å². The van der Waals surface area contributed by atoms with Crippen molar-refractivity contribution in [3.05, 3.63) is 53.6 Å². The average molecular weight is 329 g/mol. The van der Waals surface area contributed by atoms with E-state index in [1.165, 1.54) is 0 Å². The Hall–Kier alpha value is -2.53. The molecule has 24 heavy (non-hydrogen) atoms. The summed E-state index contributed by atoms with van der Waals surface area (Å²) in [5, 5.41) is 2.86. The van der Waals surface area contributed by atoms with Crippen molar-refractivity contribution in [2.24, 2.45) is 0 Å². The number of amides is 1. The lowest BCUT2D eigenvalue weighted by Crippen LogP contribution is -2.13. The Bertz CT molecular complexity index is 685. The summed E-state index contributed by atoms with van der Waals surface area (Å²) in [4.78, 5) is 12.5. The fraction of sp³-hybridized carbons (Fsp3) is 0.316. The maximum Gasteiger partial charge on any atom is 0.255 e. The van der Waals surface area contributed by atoms with Gasteiger partial charge in [-0.2, -0.15) is 0 Å². The number of anilines is 1. The number of methoxy groups -OCH3 is 2. The molecule has 0 heterocycles. The van der Waals surface area contributed by atoms with Crippen LogP contribution in [0.15, 0.2) is 42.5 Å². The number of carbonyl (C=O) groups is 1. The molecule has 1 N–H and O–H groups in total. The predicted molar refractivity (Wildman–Crippen MR) is 93.9 cm³/mol. The van der Waals surface area contributed by atoms with Crippen LogP contribution in [0, 0.1) is 0 Å². The van der Waals surface area contributed by atoms with Crippen molar-refractivity contribution in [3.63, 3.8) is 0 Å². The van der Waals surface area contributed by atoms with Gasteiger partial charge in [-0.25, -0.2) is 0 Å². The molecule has 128 valence electrons. The molecule has 0 aliphatic heterocycles. The summed E-state index contributed by atoms with van der Waals surface area (Å²) < 4.78 is 16.2. The van der Waals surface area contributed by atoms with Crippen molar-refractivity contribution < 1.29 is 19.0 Å². The van der Waals surface area contributed by atoms with Crippen molar-refractivity contribution >= 4 is 11.6 Å². The van der Waals surface area contributed by atoms with Gasteiger partial charge in [-0.05, 0) is 36.8 Å². The third kappa shape index (κ3) is 4.49. The maximum atomic E-state index is 12.5. The highest BCUT2D eigenvalue weighted by molar-refractivity contribution is 6.05. The van der Waals surface area contributed by atoms with Crippen LogP contribution in [-0.4, -0.2) is 26.7 Å². The van der Waals surface area contributed by atoms with Crippen LogP contribution in [0.25, 0.3) is 0 Å². The van der Waals surface area contributed by atoms with Crippen LogP contribution in [0.1, 0.15) is 29.3 Å². The Kier molecular flexibility index (Phi) is 6.63. The zero-order chi connectivity index (χ0) is 17.4. The van der Waals surface area contributed by atoms with Gasteiger partial charge in [0.2, 0.25) is 0 Å². The number of carbonyl (C=O) groups excluding carboxylic acids is 1. The molecule has 0 bridgehead atoms. The molecule has 0 atom stereocenters. The standard InChI is InChI=1S/C19H23NO4/c1-4-11-24-13-15-12-14(9-10-17(15)22-2)19(21)20-16-7-5-6-8-18(16)23-3/h5-10,12H,4,11,13H2,1-3H3,(H,20,21). The minimum absolute atomic E-state index is 0.209. The van der Waals surface area contributed by atoms with Gasteiger partial charge >= 0.3 is 0 Å². The fourth-order valence-electron chi connectivity index (χ4n) is 2.30. The van der Waals surface area contributed by atoms with Gasteiger partial charge in [0.05, 0.1) is 26.5 Å². The normalized spacial score (nSPS) is 10.3. The van der Waals surface area contributed by atoms with Crippen LogP contribution < -0.4 is 14.8 Å². The number of ether oxygens (including phenoxy) is 3. The Balaban J connectivity index is 2.18. The van der Waals surface area contributed by atoms with E-state index in [0.29, 0.717) is 36.0 Å². The SMILES string of the molecule is CCCOCc1cc(C(=O)Nc2ccccc2OC)ccc1OC. The van der Waals surface area contributed by atoms with Crippen LogP contribution >= 0.6 is 0 Å². The van der Waals surface area contributed by atoms with Gasteiger partial charge in [-0.3, -0.25) is 4.79 Å². The minimum atomic E-state index is -0.209. The lowest BCUT2D eigenvalue weighted by Gasteiger charge is -2.13. The first-order valence-electron chi connectivity index (χ1n) is 7.88. The fourth-order valence-corrected chi connectivity index (χ4v) is 2.30. The number of hydrogen-bond acceptors (Lipinski definition) is 4. The third-order valence-corrected chi connectivity index (χ3v) is 3.50. The Morgan fingerprint density at radius 1 is 1.04 bits per heavy atom. The molecule has 1 amide bonds. The second-order valence-corrected chi connectivity index (χ2v) is 5.23.